The Bertz CT molecular complexity index is 569. The second kappa shape index (κ2) is 3.37. The number of hydrogen-bond acceptors (Lipinski definition) is 2. The summed E-state index contributed by atoms with van der Waals surface area (Å²) in [5.41, 5.74) is 4.84. The first-order valence-electron chi connectivity index (χ1n) is 5.62. The first-order valence-corrected chi connectivity index (χ1v) is 5.62. The average Bonchev–Trinajstić information content (AvgIpc) is 2.81. The van der Waals surface area contributed by atoms with Crippen LogP contribution >= 0.6 is 0 Å². The van der Waals surface area contributed by atoms with E-state index in [1.807, 2.05) is 12.1 Å². The molecule has 1 aromatic carbocycles. The fourth-order valence-electron chi connectivity index (χ4n) is 2.68. The van der Waals surface area contributed by atoms with E-state index in [1.165, 1.54) is 29.3 Å². The van der Waals surface area contributed by atoms with E-state index in [9.17, 15) is 0 Å². The number of H-pyrrole nitrogens is 1. The fraction of sp³-hybridized carbons (Fsp3) is 0.308. The summed E-state index contributed by atoms with van der Waals surface area (Å²) in [7, 11) is 0. The van der Waals surface area contributed by atoms with Gasteiger partial charge in [-0.1, -0.05) is 30.3 Å². The number of nitrogens with zero attached hydrogens (tertiary/aromatic N) is 1. The fourth-order valence-corrected chi connectivity index (χ4v) is 2.68. The van der Waals surface area contributed by atoms with E-state index in [0.29, 0.717) is 5.92 Å². The van der Waals surface area contributed by atoms with E-state index in [4.69, 9.17) is 5.21 Å². The first kappa shape index (κ1) is 9.46. The van der Waals surface area contributed by atoms with Crippen molar-refractivity contribution >= 4 is 17.1 Å². The normalized spacial score (nSPS) is 19.7. The quantitative estimate of drug-likeness (QED) is 0.428. The summed E-state index contributed by atoms with van der Waals surface area (Å²) in [5, 5.41) is 13.0. The van der Waals surface area contributed by atoms with Crippen molar-refractivity contribution in [1.29, 1.82) is 0 Å². The van der Waals surface area contributed by atoms with Crippen molar-refractivity contribution in [2.45, 2.75) is 25.7 Å². The standard InChI is InChI=1S/C13H14N2O/c1-8-5-6-11-10-4-2-3-9(7-14-16)13(10)15-12(8)11/h2-4,7-8,15-16H,5-6H2,1H3/b14-7+. The largest absolute Gasteiger partial charge is 0.411 e. The maximum absolute atomic E-state index is 8.63. The number of aromatic nitrogens is 1. The van der Waals surface area contributed by atoms with E-state index in [0.717, 1.165) is 17.5 Å². The van der Waals surface area contributed by atoms with Gasteiger partial charge in [0.25, 0.3) is 0 Å². The maximum atomic E-state index is 8.63. The second-order valence-corrected chi connectivity index (χ2v) is 4.47. The van der Waals surface area contributed by atoms with Crippen LogP contribution in [0.15, 0.2) is 23.4 Å². The number of rotatable bonds is 1. The molecule has 2 N–H and O–H groups in total. The number of aryl methyl sites for hydroxylation is 1. The minimum Gasteiger partial charge on any atom is -0.411 e. The Morgan fingerprint density at radius 1 is 1.50 bits per heavy atom. The molecule has 0 amide bonds. The van der Waals surface area contributed by atoms with Gasteiger partial charge >= 0.3 is 0 Å². The number of aromatic amines is 1. The SMILES string of the molecule is CC1CCc2c1[nH]c1c(/C=N/O)cccc21. The van der Waals surface area contributed by atoms with Gasteiger partial charge < -0.3 is 10.2 Å². The molecular weight excluding hydrogens is 200 g/mol. The van der Waals surface area contributed by atoms with Crippen molar-refractivity contribution in [3.8, 4) is 0 Å². The Morgan fingerprint density at radius 2 is 2.38 bits per heavy atom. The summed E-state index contributed by atoms with van der Waals surface area (Å²) >= 11 is 0. The minimum absolute atomic E-state index is 0.612. The summed E-state index contributed by atoms with van der Waals surface area (Å²) in [5.74, 6) is 0.612. The van der Waals surface area contributed by atoms with Gasteiger partial charge in [0.1, 0.15) is 0 Å². The molecule has 3 heteroatoms. The topological polar surface area (TPSA) is 48.4 Å². The predicted molar refractivity (Wildman–Crippen MR) is 64.4 cm³/mol. The lowest BCUT2D eigenvalue weighted by atomic mass is 10.1. The molecule has 82 valence electrons. The molecule has 3 rings (SSSR count). The minimum atomic E-state index is 0.612. The molecule has 0 saturated heterocycles. The zero-order valence-corrected chi connectivity index (χ0v) is 9.20. The average molecular weight is 214 g/mol. The Hall–Kier alpha value is -1.77. The molecule has 1 atom stereocenters. The molecular formula is C13H14N2O. The lowest BCUT2D eigenvalue weighted by molar-refractivity contribution is 0.322. The third kappa shape index (κ3) is 1.18. The van der Waals surface area contributed by atoms with Crippen LogP contribution in [0, 0.1) is 0 Å². The molecule has 0 spiro atoms. The van der Waals surface area contributed by atoms with Crippen LogP contribution in [0.2, 0.25) is 0 Å². The molecule has 0 saturated carbocycles. The van der Waals surface area contributed by atoms with Gasteiger partial charge in [-0.3, -0.25) is 0 Å². The zero-order chi connectivity index (χ0) is 11.1. The van der Waals surface area contributed by atoms with Crippen LogP contribution in [-0.2, 0) is 6.42 Å². The molecule has 1 aromatic heterocycles. The van der Waals surface area contributed by atoms with Gasteiger partial charge in [0, 0.05) is 16.6 Å². The summed E-state index contributed by atoms with van der Waals surface area (Å²) in [6.45, 7) is 2.25. The van der Waals surface area contributed by atoms with Crippen LogP contribution in [-0.4, -0.2) is 16.4 Å². The molecule has 2 aromatic rings. The molecule has 0 bridgehead atoms. The molecule has 1 aliphatic rings. The van der Waals surface area contributed by atoms with Crippen molar-refractivity contribution in [1.82, 2.24) is 4.98 Å². The lowest BCUT2D eigenvalue weighted by Gasteiger charge is -2.00. The van der Waals surface area contributed by atoms with Gasteiger partial charge in [-0.05, 0) is 24.3 Å². The van der Waals surface area contributed by atoms with Crippen LogP contribution in [0.3, 0.4) is 0 Å². The lowest BCUT2D eigenvalue weighted by Crippen LogP contribution is -1.88. The van der Waals surface area contributed by atoms with Crippen LogP contribution in [0.4, 0.5) is 0 Å². The smallest absolute Gasteiger partial charge is 0.0754 e. The van der Waals surface area contributed by atoms with Gasteiger partial charge in [-0.2, -0.15) is 0 Å². The molecule has 16 heavy (non-hydrogen) atoms. The maximum Gasteiger partial charge on any atom is 0.0754 e. The highest BCUT2D eigenvalue weighted by atomic mass is 16.4. The number of hydrogen-bond donors (Lipinski definition) is 2. The van der Waals surface area contributed by atoms with E-state index in [2.05, 4.69) is 23.1 Å². The summed E-state index contributed by atoms with van der Waals surface area (Å²) in [6, 6.07) is 6.10. The Balaban J connectivity index is 2.31. The Labute approximate surface area is 93.8 Å². The monoisotopic (exact) mass is 214 g/mol. The van der Waals surface area contributed by atoms with Crippen LogP contribution in [0.1, 0.15) is 36.1 Å². The molecule has 3 nitrogen and oxygen atoms in total. The highest BCUT2D eigenvalue weighted by Crippen LogP contribution is 2.37. The van der Waals surface area contributed by atoms with Gasteiger partial charge in [-0.15, -0.1) is 0 Å². The summed E-state index contributed by atoms with van der Waals surface area (Å²) < 4.78 is 0. The van der Waals surface area contributed by atoms with Crippen LogP contribution < -0.4 is 0 Å². The summed E-state index contributed by atoms with van der Waals surface area (Å²) in [4.78, 5) is 3.48. The number of nitrogens with one attached hydrogen (secondary N) is 1. The molecule has 1 heterocycles. The number of benzene rings is 1. The highest BCUT2D eigenvalue weighted by Gasteiger charge is 2.23. The first-order chi connectivity index (χ1) is 7.81. The molecule has 1 unspecified atom stereocenters. The predicted octanol–water partition coefficient (Wildman–Crippen LogP) is 3.03. The van der Waals surface area contributed by atoms with E-state index in [-0.39, 0.29) is 0 Å². The van der Waals surface area contributed by atoms with E-state index in [1.54, 1.807) is 0 Å². The zero-order valence-electron chi connectivity index (χ0n) is 9.20. The number of oxime groups is 1. The van der Waals surface area contributed by atoms with Crippen molar-refractivity contribution in [3.63, 3.8) is 0 Å². The third-order valence-corrected chi connectivity index (χ3v) is 3.52. The Morgan fingerprint density at radius 3 is 3.19 bits per heavy atom. The number of fused-ring (bicyclic) bond motifs is 3. The summed E-state index contributed by atoms with van der Waals surface area (Å²) in [6.07, 6.45) is 3.87. The van der Waals surface area contributed by atoms with Crippen LogP contribution in [0.5, 0.6) is 0 Å². The highest BCUT2D eigenvalue weighted by molar-refractivity contribution is 5.99. The second-order valence-electron chi connectivity index (χ2n) is 4.47. The molecule has 0 aliphatic heterocycles. The van der Waals surface area contributed by atoms with Crippen LogP contribution in [0.25, 0.3) is 10.9 Å². The van der Waals surface area contributed by atoms with Gasteiger partial charge in [0.15, 0.2) is 0 Å². The van der Waals surface area contributed by atoms with Gasteiger partial charge in [-0.25, -0.2) is 0 Å². The number of para-hydroxylation sites is 1. The third-order valence-electron chi connectivity index (χ3n) is 3.52. The van der Waals surface area contributed by atoms with Gasteiger partial charge in [0.05, 0.1) is 11.7 Å². The van der Waals surface area contributed by atoms with Gasteiger partial charge in [0.2, 0.25) is 0 Å². The molecule has 1 aliphatic carbocycles. The van der Waals surface area contributed by atoms with Crippen molar-refractivity contribution in [2.75, 3.05) is 0 Å². The Kier molecular flexibility index (Phi) is 1.99. The van der Waals surface area contributed by atoms with Crippen molar-refractivity contribution in [3.05, 3.63) is 35.0 Å². The molecule has 0 fully saturated rings. The van der Waals surface area contributed by atoms with E-state index < -0.39 is 0 Å². The molecule has 0 radical (unpaired) electrons. The van der Waals surface area contributed by atoms with Crippen molar-refractivity contribution < 1.29 is 5.21 Å². The van der Waals surface area contributed by atoms with Crippen molar-refractivity contribution in [2.24, 2.45) is 5.16 Å². The van der Waals surface area contributed by atoms with E-state index >= 15 is 0 Å².